The highest BCUT2D eigenvalue weighted by Gasteiger charge is 2.14. The van der Waals surface area contributed by atoms with Gasteiger partial charge in [0.1, 0.15) is 5.02 Å². The van der Waals surface area contributed by atoms with Crippen LogP contribution in [-0.2, 0) is 9.84 Å². The van der Waals surface area contributed by atoms with Crippen LogP contribution in [0.3, 0.4) is 0 Å². The second-order valence-electron chi connectivity index (χ2n) is 4.24. The number of carbonyl (C=O) groups excluding carboxylic acids is 1. The molecule has 21 heavy (non-hydrogen) atoms. The lowest BCUT2D eigenvalue weighted by Gasteiger charge is -2.07. The van der Waals surface area contributed by atoms with E-state index >= 15 is 0 Å². The molecule has 0 spiro atoms. The molecule has 0 aliphatic rings. The fourth-order valence-electron chi connectivity index (χ4n) is 1.56. The molecule has 0 radical (unpaired) electrons. The minimum absolute atomic E-state index is 0.125. The van der Waals surface area contributed by atoms with Crippen molar-refractivity contribution >= 4 is 39.0 Å². The van der Waals surface area contributed by atoms with Gasteiger partial charge in [-0.3, -0.25) is 0 Å². The van der Waals surface area contributed by atoms with E-state index in [1.54, 1.807) is 12.1 Å². The molecule has 0 atom stereocenters. The summed E-state index contributed by atoms with van der Waals surface area (Å²) in [6.45, 7) is 0. The first-order chi connectivity index (χ1) is 9.79. The zero-order valence-electron chi connectivity index (χ0n) is 10.8. The molecule has 0 saturated heterocycles. The molecular weight excluding hydrogens is 335 g/mol. The Hall–Kier alpha value is -1.56. The average Bonchev–Trinajstić information content (AvgIpc) is 2.43. The van der Waals surface area contributed by atoms with Crippen LogP contribution in [0.25, 0.3) is 0 Å². The molecule has 2 aromatic carbocycles. The maximum atomic E-state index is 12.0. The molecule has 0 unspecified atom stereocenters. The highest BCUT2D eigenvalue weighted by atomic mass is 35.5. The second-order valence-corrected chi connectivity index (χ2v) is 7.04. The van der Waals surface area contributed by atoms with Gasteiger partial charge in [-0.15, -0.1) is 0 Å². The summed E-state index contributed by atoms with van der Waals surface area (Å²) in [4.78, 5) is 12.1. The topological polar surface area (TPSA) is 60.4 Å². The first-order valence-corrected chi connectivity index (χ1v) is 8.40. The summed E-state index contributed by atoms with van der Waals surface area (Å²) >= 11 is 11.7. The van der Waals surface area contributed by atoms with Gasteiger partial charge in [-0.1, -0.05) is 29.3 Å². The van der Waals surface area contributed by atoms with E-state index in [0.29, 0.717) is 0 Å². The van der Waals surface area contributed by atoms with Gasteiger partial charge in [-0.2, -0.15) is 0 Å². The molecule has 0 aromatic heterocycles. The van der Waals surface area contributed by atoms with Crippen molar-refractivity contribution in [2.24, 2.45) is 0 Å². The Bertz CT molecular complexity index is 783. The summed E-state index contributed by atoms with van der Waals surface area (Å²) < 4.78 is 27.8. The van der Waals surface area contributed by atoms with Crippen molar-refractivity contribution in [1.82, 2.24) is 0 Å². The van der Waals surface area contributed by atoms with E-state index in [-0.39, 0.29) is 26.3 Å². The first-order valence-electron chi connectivity index (χ1n) is 5.75. The Kier molecular flexibility index (Phi) is 4.56. The normalized spacial score (nSPS) is 11.2. The number of ether oxygens (including phenoxy) is 1. The average molecular weight is 345 g/mol. The highest BCUT2D eigenvalue weighted by Crippen LogP contribution is 2.31. The predicted octanol–water partition coefficient (Wildman–Crippen LogP) is 3.62. The summed E-state index contributed by atoms with van der Waals surface area (Å²) in [7, 11) is -3.31. The number of sulfone groups is 1. The fourth-order valence-corrected chi connectivity index (χ4v) is 2.52. The van der Waals surface area contributed by atoms with E-state index in [4.69, 9.17) is 27.9 Å². The molecule has 0 saturated carbocycles. The van der Waals surface area contributed by atoms with E-state index in [2.05, 4.69) is 0 Å². The van der Waals surface area contributed by atoms with Crippen LogP contribution in [0.2, 0.25) is 10.0 Å². The molecule has 0 aliphatic carbocycles. The van der Waals surface area contributed by atoms with Gasteiger partial charge in [0.05, 0.1) is 15.5 Å². The first kappa shape index (κ1) is 15.8. The molecule has 2 rings (SSSR count). The van der Waals surface area contributed by atoms with Gasteiger partial charge in [-0.25, -0.2) is 13.2 Å². The summed E-state index contributed by atoms with van der Waals surface area (Å²) in [5.74, 6) is -0.513. The van der Waals surface area contributed by atoms with Crippen LogP contribution in [0.4, 0.5) is 0 Å². The van der Waals surface area contributed by atoms with Crippen LogP contribution in [0.1, 0.15) is 10.4 Å². The molecule has 0 aliphatic heterocycles. The summed E-state index contributed by atoms with van der Waals surface area (Å²) in [5, 5.41) is 0.412. The maximum absolute atomic E-state index is 12.0. The van der Waals surface area contributed by atoms with Crippen LogP contribution >= 0.6 is 23.2 Å². The number of esters is 1. The minimum atomic E-state index is -3.31. The molecule has 4 nitrogen and oxygen atoms in total. The molecular formula is C14H10Cl2O4S. The largest absolute Gasteiger partial charge is 0.421 e. The smallest absolute Gasteiger partial charge is 0.343 e. The van der Waals surface area contributed by atoms with Gasteiger partial charge in [0.2, 0.25) is 0 Å². The van der Waals surface area contributed by atoms with Crippen molar-refractivity contribution in [3.63, 3.8) is 0 Å². The Morgan fingerprint density at radius 2 is 1.67 bits per heavy atom. The lowest BCUT2D eigenvalue weighted by Crippen LogP contribution is -2.09. The molecule has 0 bridgehead atoms. The highest BCUT2D eigenvalue weighted by molar-refractivity contribution is 7.90. The van der Waals surface area contributed by atoms with Gasteiger partial charge in [0, 0.05) is 6.26 Å². The Balaban J connectivity index is 2.23. The number of rotatable bonds is 3. The third-order valence-electron chi connectivity index (χ3n) is 2.64. The Morgan fingerprint density at radius 3 is 2.24 bits per heavy atom. The summed E-state index contributed by atoms with van der Waals surface area (Å²) in [6, 6.07) is 10.1. The van der Waals surface area contributed by atoms with E-state index in [9.17, 15) is 13.2 Å². The molecule has 0 fully saturated rings. The third-order valence-corrected chi connectivity index (χ3v) is 4.57. The van der Waals surface area contributed by atoms with Gasteiger partial charge in [0.25, 0.3) is 0 Å². The predicted molar refractivity (Wildman–Crippen MR) is 81.0 cm³/mol. The molecule has 0 N–H and O–H groups in total. The van der Waals surface area contributed by atoms with Crippen molar-refractivity contribution in [3.8, 4) is 5.75 Å². The van der Waals surface area contributed by atoms with E-state index in [0.717, 1.165) is 6.26 Å². The van der Waals surface area contributed by atoms with Crippen LogP contribution in [-0.4, -0.2) is 20.6 Å². The van der Waals surface area contributed by atoms with Gasteiger partial charge in [-0.05, 0) is 36.4 Å². The lowest BCUT2D eigenvalue weighted by molar-refractivity contribution is 0.0735. The number of halogens is 2. The fraction of sp³-hybridized carbons (Fsp3) is 0.0714. The quantitative estimate of drug-likeness (QED) is 0.630. The van der Waals surface area contributed by atoms with E-state index in [1.165, 1.54) is 30.3 Å². The Morgan fingerprint density at radius 1 is 1.05 bits per heavy atom. The van der Waals surface area contributed by atoms with Crippen molar-refractivity contribution in [2.45, 2.75) is 4.90 Å². The number of carbonyl (C=O) groups is 1. The van der Waals surface area contributed by atoms with Gasteiger partial charge in [0.15, 0.2) is 15.6 Å². The maximum Gasteiger partial charge on any atom is 0.343 e. The van der Waals surface area contributed by atoms with Crippen molar-refractivity contribution in [1.29, 1.82) is 0 Å². The van der Waals surface area contributed by atoms with E-state index < -0.39 is 15.8 Å². The molecule has 0 heterocycles. The van der Waals surface area contributed by atoms with Crippen LogP contribution in [0, 0.1) is 0 Å². The summed E-state index contributed by atoms with van der Waals surface area (Å²) in [6.07, 6.45) is 1.09. The Labute approximate surface area is 132 Å². The summed E-state index contributed by atoms with van der Waals surface area (Å²) in [5.41, 5.74) is 0.207. The van der Waals surface area contributed by atoms with Crippen molar-refractivity contribution in [2.75, 3.05) is 6.26 Å². The number of benzene rings is 2. The van der Waals surface area contributed by atoms with Gasteiger partial charge >= 0.3 is 5.97 Å². The SMILES string of the molecule is CS(=O)(=O)c1ccc(C(=O)Oc2cccc(Cl)c2Cl)cc1. The molecule has 0 amide bonds. The van der Waals surface area contributed by atoms with Crippen molar-refractivity contribution in [3.05, 3.63) is 58.1 Å². The van der Waals surface area contributed by atoms with Crippen LogP contribution in [0.5, 0.6) is 5.75 Å². The standard InChI is InChI=1S/C14H10Cl2O4S/c1-21(18,19)10-7-5-9(6-8-10)14(17)20-12-4-2-3-11(15)13(12)16/h2-8H,1H3. The number of hydrogen-bond acceptors (Lipinski definition) is 4. The second kappa shape index (κ2) is 6.05. The monoisotopic (exact) mass is 344 g/mol. The zero-order chi connectivity index (χ0) is 15.6. The minimum Gasteiger partial charge on any atom is -0.421 e. The third kappa shape index (κ3) is 3.75. The molecule has 7 heteroatoms. The van der Waals surface area contributed by atoms with Crippen LogP contribution in [0.15, 0.2) is 47.4 Å². The molecule has 110 valence electrons. The zero-order valence-corrected chi connectivity index (χ0v) is 13.2. The lowest BCUT2D eigenvalue weighted by atomic mass is 10.2. The molecule has 2 aromatic rings. The van der Waals surface area contributed by atoms with Crippen LogP contribution < -0.4 is 4.74 Å². The van der Waals surface area contributed by atoms with Gasteiger partial charge < -0.3 is 4.74 Å². The van der Waals surface area contributed by atoms with Crippen molar-refractivity contribution < 1.29 is 17.9 Å². The number of hydrogen-bond donors (Lipinski definition) is 0. The van der Waals surface area contributed by atoms with E-state index in [1.807, 2.05) is 0 Å².